The molecule has 0 heterocycles. The van der Waals surface area contributed by atoms with E-state index in [1.165, 1.54) is 4.90 Å². The summed E-state index contributed by atoms with van der Waals surface area (Å²) in [5.74, 6) is -0.416. The van der Waals surface area contributed by atoms with Gasteiger partial charge in [-0.15, -0.1) is 0 Å². The van der Waals surface area contributed by atoms with Crippen LogP contribution in [-0.2, 0) is 0 Å². The Hall–Kier alpha value is -1.46. The summed E-state index contributed by atoms with van der Waals surface area (Å²) >= 11 is 12.0. The summed E-state index contributed by atoms with van der Waals surface area (Å²) in [4.78, 5) is 13.3. The fourth-order valence-corrected chi connectivity index (χ4v) is 2.32. The Kier molecular flexibility index (Phi) is 4.81. The molecule has 0 saturated carbocycles. The van der Waals surface area contributed by atoms with Crippen LogP contribution in [0.4, 0.5) is 10.5 Å². The summed E-state index contributed by atoms with van der Waals surface area (Å²) < 4.78 is 0. The molecule has 0 aliphatic rings. The molecule has 0 radical (unpaired) electrons. The molecule has 18 heavy (non-hydrogen) atoms. The summed E-state index contributed by atoms with van der Waals surface area (Å²) in [6.45, 7) is 3.99. The second-order valence-corrected chi connectivity index (χ2v) is 4.48. The molecule has 7 heteroatoms. The lowest BCUT2D eigenvalue weighted by Gasteiger charge is -2.24. The summed E-state index contributed by atoms with van der Waals surface area (Å²) in [6.07, 6.45) is 0. The largest absolute Gasteiger partial charge is 0.370 e. The molecular weight excluding hydrogens is 275 g/mol. The van der Waals surface area contributed by atoms with E-state index < -0.39 is 12.0 Å². The SMILES string of the molecule is CCN(C(=O)NC(=N)N)c1c(C)cc(Cl)cc1Cl. The maximum absolute atomic E-state index is 11.9. The number of benzene rings is 1. The number of anilines is 1. The van der Waals surface area contributed by atoms with Gasteiger partial charge in [-0.05, 0) is 31.5 Å². The van der Waals surface area contributed by atoms with Gasteiger partial charge in [0.1, 0.15) is 0 Å². The Bertz CT molecular complexity index is 467. The van der Waals surface area contributed by atoms with Gasteiger partial charge >= 0.3 is 6.03 Å². The minimum Gasteiger partial charge on any atom is -0.370 e. The van der Waals surface area contributed by atoms with E-state index in [0.717, 1.165) is 5.56 Å². The summed E-state index contributed by atoms with van der Waals surface area (Å²) in [5.41, 5.74) is 6.46. The molecule has 0 saturated heterocycles. The number of guanidine groups is 1. The normalized spacial score (nSPS) is 10.0. The van der Waals surface area contributed by atoms with Gasteiger partial charge in [-0.25, -0.2) is 4.79 Å². The number of halogens is 2. The Morgan fingerprint density at radius 3 is 2.56 bits per heavy atom. The molecule has 5 nitrogen and oxygen atoms in total. The number of carbonyl (C=O) groups is 1. The van der Waals surface area contributed by atoms with E-state index in [9.17, 15) is 4.79 Å². The standard InChI is InChI=1S/C11H14Cl2N4O/c1-3-17(11(18)16-10(14)15)9-6(2)4-7(12)5-8(9)13/h4-5H,3H2,1-2H3,(H4,14,15,16,18). The number of carbonyl (C=O) groups excluding carboxylic acids is 1. The van der Waals surface area contributed by atoms with Gasteiger partial charge in [0.15, 0.2) is 5.96 Å². The molecule has 1 aromatic rings. The molecule has 0 spiro atoms. The van der Waals surface area contributed by atoms with Gasteiger partial charge in [-0.2, -0.15) is 0 Å². The smallest absolute Gasteiger partial charge is 0.328 e. The van der Waals surface area contributed by atoms with Gasteiger partial charge < -0.3 is 5.73 Å². The van der Waals surface area contributed by atoms with Crippen LogP contribution >= 0.6 is 23.2 Å². The monoisotopic (exact) mass is 288 g/mol. The van der Waals surface area contributed by atoms with Gasteiger partial charge in [-0.3, -0.25) is 15.6 Å². The number of hydrogen-bond donors (Lipinski definition) is 3. The molecule has 1 rings (SSSR count). The van der Waals surface area contributed by atoms with Crippen molar-refractivity contribution in [3.63, 3.8) is 0 Å². The lowest BCUT2D eigenvalue weighted by Crippen LogP contribution is -2.45. The number of aryl methyl sites for hydroxylation is 1. The van der Waals surface area contributed by atoms with Crippen LogP contribution in [0.25, 0.3) is 0 Å². The van der Waals surface area contributed by atoms with Crippen molar-refractivity contribution < 1.29 is 4.79 Å². The molecule has 0 atom stereocenters. The summed E-state index contributed by atoms with van der Waals surface area (Å²) in [5, 5.41) is 10.2. The molecular formula is C11H14Cl2N4O. The number of rotatable bonds is 2. The van der Waals surface area contributed by atoms with Crippen LogP contribution in [-0.4, -0.2) is 18.5 Å². The van der Waals surface area contributed by atoms with Gasteiger partial charge in [-0.1, -0.05) is 23.2 Å². The first-order valence-electron chi connectivity index (χ1n) is 5.25. The lowest BCUT2D eigenvalue weighted by molar-refractivity contribution is 0.250. The van der Waals surface area contributed by atoms with Crippen molar-refractivity contribution in [2.75, 3.05) is 11.4 Å². The predicted octanol–water partition coefficient (Wildman–Crippen LogP) is 2.73. The average Bonchev–Trinajstić information content (AvgIpc) is 2.21. The van der Waals surface area contributed by atoms with Crippen molar-refractivity contribution in [1.29, 1.82) is 5.41 Å². The molecule has 0 aliphatic carbocycles. The van der Waals surface area contributed by atoms with E-state index in [1.54, 1.807) is 26.0 Å². The Morgan fingerprint density at radius 1 is 1.50 bits per heavy atom. The van der Waals surface area contributed by atoms with Crippen molar-refractivity contribution in [1.82, 2.24) is 5.32 Å². The Morgan fingerprint density at radius 2 is 2.11 bits per heavy atom. The van der Waals surface area contributed by atoms with Gasteiger partial charge in [0.05, 0.1) is 10.7 Å². The molecule has 0 aromatic heterocycles. The highest BCUT2D eigenvalue weighted by molar-refractivity contribution is 6.37. The van der Waals surface area contributed by atoms with Crippen LogP contribution in [0.5, 0.6) is 0 Å². The van der Waals surface area contributed by atoms with Gasteiger partial charge in [0.2, 0.25) is 0 Å². The topological polar surface area (TPSA) is 82.2 Å². The average molecular weight is 289 g/mol. The Balaban J connectivity index is 3.17. The van der Waals surface area contributed by atoms with Crippen LogP contribution in [0.1, 0.15) is 12.5 Å². The van der Waals surface area contributed by atoms with Crippen LogP contribution in [0.3, 0.4) is 0 Å². The Labute approximate surface area is 115 Å². The number of nitrogens with two attached hydrogens (primary N) is 1. The van der Waals surface area contributed by atoms with E-state index in [1.807, 2.05) is 0 Å². The first-order chi connectivity index (χ1) is 8.36. The maximum atomic E-state index is 11.9. The fraction of sp³-hybridized carbons (Fsp3) is 0.273. The van der Waals surface area contributed by atoms with Crippen molar-refractivity contribution in [2.24, 2.45) is 5.73 Å². The zero-order valence-corrected chi connectivity index (χ0v) is 11.6. The van der Waals surface area contributed by atoms with Crippen LogP contribution in [0.15, 0.2) is 12.1 Å². The van der Waals surface area contributed by atoms with Crippen LogP contribution < -0.4 is 16.0 Å². The fourth-order valence-electron chi connectivity index (χ4n) is 1.62. The first kappa shape index (κ1) is 14.6. The predicted molar refractivity (Wildman–Crippen MR) is 74.7 cm³/mol. The third-order valence-electron chi connectivity index (χ3n) is 2.29. The number of hydrogen-bond acceptors (Lipinski definition) is 2. The zero-order chi connectivity index (χ0) is 13.9. The van der Waals surface area contributed by atoms with Crippen LogP contribution in [0, 0.1) is 12.3 Å². The molecule has 1 aromatic carbocycles. The third-order valence-corrected chi connectivity index (χ3v) is 2.80. The van der Waals surface area contributed by atoms with Crippen LogP contribution in [0.2, 0.25) is 10.0 Å². The molecule has 0 bridgehead atoms. The molecule has 98 valence electrons. The minimum absolute atomic E-state index is 0.376. The zero-order valence-electron chi connectivity index (χ0n) is 10.1. The van der Waals surface area contributed by atoms with Crippen molar-refractivity contribution in [3.05, 3.63) is 27.7 Å². The highest BCUT2D eigenvalue weighted by atomic mass is 35.5. The highest BCUT2D eigenvalue weighted by Crippen LogP contribution is 2.32. The first-order valence-corrected chi connectivity index (χ1v) is 6.00. The van der Waals surface area contributed by atoms with E-state index in [4.69, 9.17) is 34.3 Å². The number of nitrogens with zero attached hydrogens (tertiary/aromatic N) is 1. The summed E-state index contributed by atoms with van der Waals surface area (Å²) in [7, 11) is 0. The number of amides is 2. The molecule has 0 aliphatic heterocycles. The molecule has 0 fully saturated rings. The van der Waals surface area contributed by atoms with Crippen molar-refractivity contribution in [2.45, 2.75) is 13.8 Å². The quantitative estimate of drug-likeness (QED) is 0.578. The highest BCUT2D eigenvalue weighted by Gasteiger charge is 2.19. The molecule has 2 amide bonds. The van der Waals surface area contributed by atoms with Crippen molar-refractivity contribution >= 4 is 40.9 Å². The molecule has 4 N–H and O–H groups in total. The number of urea groups is 1. The van der Waals surface area contributed by atoms with E-state index in [2.05, 4.69) is 5.32 Å². The van der Waals surface area contributed by atoms with Gasteiger partial charge in [0.25, 0.3) is 0 Å². The second-order valence-electron chi connectivity index (χ2n) is 3.64. The van der Waals surface area contributed by atoms with Gasteiger partial charge in [0, 0.05) is 11.6 Å². The van der Waals surface area contributed by atoms with E-state index in [0.29, 0.717) is 22.3 Å². The van der Waals surface area contributed by atoms with E-state index >= 15 is 0 Å². The third kappa shape index (κ3) is 3.27. The lowest BCUT2D eigenvalue weighted by atomic mass is 10.2. The second kappa shape index (κ2) is 5.93. The number of nitrogens with one attached hydrogen (secondary N) is 2. The molecule has 0 unspecified atom stereocenters. The minimum atomic E-state index is -0.502. The maximum Gasteiger partial charge on any atom is 0.328 e. The van der Waals surface area contributed by atoms with E-state index in [-0.39, 0.29) is 0 Å². The van der Waals surface area contributed by atoms with Crippen molar-refractivity contribution in [3.8, 4) is 0 Å². The summed E-state index contributed by atoms with van der Waals surface area (Å²) in [6, 6.07) is 2.78.